The highest BCUT2D eigenvalue weighted by Crippen LogP contribution is 2.34. The van der Waals surface area contributed by atoms with Gasteiger partial charge in [-0.1, -0.05) is 44.5 Å². The van der Waals surface area contributed by atoms with E-state index in [1.807, 2.05) is 32.9 Å². The van der Waals surface area contributed by atoms with Gasteiger partial charge in [-0.3, -0.25) is 4.40 Å². The second-order valence-corrected chi connectivity index (χ2v) is 7.72. The zero-order chi connectivity index (χ0) is 22.8. The first-order valence-corrected chi connectivity index (χ1v) is 10.1. The SMILES string of the molecule is CCc1ccc(OCC(=O)OCc2c(C(C)C)nc3c(Cl)cc(C(F)(F)F)cn23)cc1. The van der Waals surface area contributed by atoms with Crippen LogP contribution in [0.4, 0.5) is 13.2 Å². The largest absolute Gasteiger partial charge is 0.482 e. The summed E-state index contributed by atoms with van der Waals surface area (Å²) in [6.07, 6.45) is -2.77. The molecule has 0 aliphatic heterocycles. The van der Waals surface area contributed by atoms with Crippen molar-refractivity contribution >= 4 is 23.2 Å². The number of carbonyl (C=O) groups excluding carboxylic acids is 1. The van der Waals surface area contributed by atoms with Crippen molar-refractivity contribution in [3.8, 4) is 5.75 Å². The van der Waals surface area contributed by atoms with Crippen molar-refractivity contribution in [3.05, 3.63) is 64.1 Å². The number of benzene rings is 1. The minimum absolute atomic E-state index is 0.118. The number of hydrogen-bond donors (Lipinski definition) is 0. The lowest BCUT2D eigenvalue weighted by molar-refractivity contribution is -0.147. The number of rotatable bonds is 7. The van der Waals surface area contributed by atoms with E-state index in [1.165, 1.54) is 4.40 Å². The summed E-state index contributed by atoms with van der Waals surface area (Å²) < 4.78 is 51.6. The minimum Gasteiger partial charge on any atom is -0.482 e. The van der Waals surface area contributed by atoms with Crippen molar-refractivity contribution in [2.45, 2.75) is 45.9 Å². The fraction of sp³-hybridized carbons (Fsp3) is 0.364. The molecule has 0 unspecified atom stereocenters. The minimum atomic E-state index is -4.57. The monoisotopic (exact) mass is 454 g/mol. The van der Waals surface area contributed by atoms with Gasteiger partial charge in [0.25, 0.3) is 0 Å². The zero-order valence-corrected chi connectivity index (χ0v) is 18.0. The van der Waals surface area contributed by atoms with Crippen LogP contribution >= 0.6 is 11.6 Å². The molecule has 0 atom stereocenters. The quantitative estimate of drug-likeness (QED) is 0.422. The van der Waals surface area contributed by atoms with E-state index in [9.17, 15) is 18.0 Å². The van der Waals surface area contributed by atoms with E-state index < -0.39 is 17.7 Å². The van der Waals surface area contributed by atoms with Gasteiger partial charge in [0.1, 0.15) is 12.4 Å². The molecule has 0 aliphatic carbocycles. The van der Waals surface area contributed by atoms with Gasteiger partial charge in [0.15, 0.2) is 12.3 Å². The highest BCUT2D eigenvalue weighted by molar-refractivity contribution is 6.33. The zero-order valence-electron chi connectivity index (χ0n) is 17.3. The lowest BCUT2D eigenvalue weighted by atomic mass is 10.1. The number of imidazole rings is 1. The maximum absolute atomic E-state index is 13.2. The number of pyridine rings is 1. The molecular weight excluding hydrogens is 433 g/mol. The molecule has 0 spiro atoms. The number of aromatic nitrogens is 2. The van der Waals surface area contributed by atoms with Crippen LogP contribution in [-0.4, -0.2) is 22.0 Å². The standard InChI is InChI=1S/C22H22ClF3N2O3/c1-4-14-5-7-16(8-6-14)30-12-19(29)31-11-18-20(13(2)3)27-21-17(23)9-15(10-28(18)21)22(24,25)26/h5-10,13H,4,11-12H2,1-3H3. The molecule has 3 aromatic rings. The summed E-state index contributed by atoms with van der Waals surface area (Å²) in [5.74, 6) is -0.247. The number of esters is 1. The van der Waals surface area contributed by atoms with Crippen LogP contribution in [0, 0.1) is 0 Å². The van der Waals surface area contributed by atoms with Crippen LogP contribution in [0.1, 0.15) is 49.2 Å². The van der Waals surface area contributed by atoms with Crippen molar-refractivity contribution in [1.82, 2.24) is 9.38 Å². The third-order valence-electron chi connectivity index (χ3n) is 4.74. The highest BCUT2D eigenvalue weighted by atomic mass is 35.5. The summed E-state index contributed by atoms with van der Waals surface area (Å²) in [6.45, 7) is 5.13. The molecule has 0 radical (unpaired) electrons. The molecular formula is C22H22ClF3N2O3. The fourth-order valence-corrected chi connectivity index (χ4v) is 3.33. The van der Waals surface area contributed by atoms with Crippen molar-refractivity contribution in [2.24, 2.45) is 0 Å². The first-order chi connectivity index (χ1) is 14.6. The average molecular weight is 455 g/mol. The van der Waals surface area contributed by atoms with E-state index in [4.69, 9.17) is 21.1 Å². The number of nitrogens with zero attached hydrogens (tertiary/aromatic N) is 2. The molecule has 0 saturated heterocycles. The second kappa shape index (κ2) is 9.18. The Morgan fingerprint density at radius 1 is 1.23 bits per heavy atom. The van der Waals surface area contributed by atoms with Gasteiger partial charge in [0.2, 0.25) is 0 Å². The average Bonchev–Trinajstić information content (AvgIpc) is 3.10. The van der Waals surface area contributed by atoms with Crippen molar-refractivity contribution in [3.63, 3.8) is 0 Å². The Balaban J connectivity index is 1.78. The molecule has 2 heterocycles. The molecule has 5 nitrogen and oxygen atoms in total. The first kappa shape index (κ1) is 22.9. The van der Waals surface area contributed by atoms with E-state index >= 15 is 0 Å². The van der Waals surface area contributed by atoms with Crippen LogP contribution in [-0.2, 0) is 28.7 Å². The third kappa shape index (κ3) is 5.31. The Kier molecular flexibility index (Phi) is 6.79. The molecule has 0 fully saturated rings. The Morgan fingerprint density at radius 3 is 2.48 bits per heavy atom. The van der Waals surface area contributed by atoms with Crippen molar-refractivity contribution in [1.29, 1.82) is 0 Å². The van der Waals surface area contributed by atoms with Gasteiger partial charge in [0.05, 0.1) is 22.0 Å². The molecule has 1 aromatic carbocycles. The van der Waals surface area contributed by atoms with Gasteiger partial charge in [0, 0.05) is 6.20 Å². The normalized spacial score (nSPS) is 11.9. The Hall–Kier alpha value is -2.74. The van der Waals surface area contributed by atoms with Crippen LogP contribution < -0.4 is 4.74 Å². The van der Waals surface area contributed by atoms with Crippen LogP contribution in [0.25, 0.3) is 5.65 Å². The van der Waals surface area contributed by atoms with E-state index in [-0.39, 0.29) is 29.8 Å². The smallest absolute Gasteiger partial charge is 0.417 e. The van der Waals surface area contributed by atoms with Gasteiger partial charge in [-0.2, -0.15) is 13.2 Å². The van der Waals surface area contributed by atoms with E-state index in [0.29, 0.717) is 17.1 Å². The van der Waals surface area contributed by atoms with Crippen LogP contribution in [0.5, 0.6) is 5.75 Å². The lowest BCUT2D eigenvalue weighted by Crippen LogP contribution is -2.16. The summed E-state index contributed by atoms with van der Waals surface area (Å²) in [6, 6.07) is 8.15. The summed E-state index contributed by atoms with van der Waals surface area (Å²) in [5.41, 5.74) is 1.24. The molecule has 3 rings (SSSR count). The molecule has 0 aliphatic rings. The first-order valence-electron chi connectivity index (χ1n) is 9.75. The fourth-order valence-electron chi connectivity index (χ4n) is 3.08. The molecule has 2 aromatic heterocycles. The third-order valence-corrected chi connectivity index (χ3v) is 5.02. The summed E-state index contributed by atoms with van der Waals surface area (Å²) >= 11 is 6.05. The predicted octanol–water partition coefficient (Wildman–Crippen LogP) is 5.81. The van der Waals surface area contributed by atoms with Gasteiger partial charge in [-0.15, -0.1) is 0 Å². The maximum Gasteiger partial charge on any atom is 0.417 e. The molecule has 166 valence electrons. The molecule has 0 bridgehead atoms. The van der Waals surface area contributed by atoms with Crippen molar-refractivity contribution in [2.75, 3.05) is 6.61 Å². The van der Waals surface area contributed by atoms with E-state index in [1.54, 1.807) is 12.1 Å². The summed E-state index contributed by atoms with van der Waals surface area (Å²) in [4.78, 5) is 16.5. The van der Waals surface area contributed by atoms with Gasteiger partial charge < -0.3 is 9.47 Å². The van der Waals surface area contributed by atoms with E-state index in [2.05, 4.69) is 4.98 Å². The van der Waals surface area contributed by atoms with Gasteiger partial charge >= 0.3 is 12.1 Å². The summed E-state index contributed by atoms with van der Waals surface area (Å²) in [5, 5.41) is -0.131. The lowest BCUT2D eigenvalue weighted by Gasteiger charge is -2.12. The van der Waals surface area contributed by atoms with Crippen molar-refractivity contribution < 1.29 is 27.4 Å². The predicted molar refractivity (Wildman–Crippen MR) is 110 cm³/mol. The molecule has 0 amide bonds. The number of carbonyl (C=O) groups is 1. The number of alkyl halides is 3. The number of ether oxygens (including phenoxy) is 2. The molecule has 9 heteroatoms. The molecule has 0 N–H and O–H groups in total. The molecule has 31 heavy (non-hydrogen) atoms. The Morgan fingerprint density at radius 2 is 1.90 bits per heavy atom. The Labute approximate surface area is 182 Å². The molecule has 0 saturated carbocycles. The Bertz CT molecular complexity index is 1080. The number of aryl methyl sites for hydroxylation is 1. The van der Waals surface area contributed by atoms with Gasteiger partial charge in [-0.05, 0) is 36.1 Å². The topological polar surface area (TPSA) is 52.8 Å². The number of halogens is 4. The van der Waals surface area contributed by atoms with E-state index in [0.717, 1.165) is 24.2 Å². The van der Waals surface area contributed by atoms with Gasteiger partial charge in [-0.25, -0.2) is 9.78 Å². The van der Waals surface area contributed by atoms with Crippen LogP contribution in [0.3, 0.4) is 0 Å². The maximum atomic E-state index is 13.2. The highest BCUT2D eigenvalue weighted by Gasteiger charge is 2.32. The number of hydrogen-bond acceptors (Lipinski definition) is 4. The summed E-state index contributed by atoms with van der Waals surface area (Å²) in [7, 11) is 0. The second-order valence-electron chi connectivity index (χ2n) is 7.31. The van der Waals surface area contributed by atoms with Crippen LogP contribution in [0.15, 0.2) is 36.5 Å². The number of fused-ring (bicyclic) bond motifs is 1. The van der Waals surface area contributed by atoms with Crippen LogP contribution in [0.2, 0.25) is 5.02 Å².